The Hall–Kier alpha value is -2.63. The van der Waals surface area contributed by atoms with Gasteiger partial charge in [0, 0.05) is 50.8 Å². The number of para-hydroxylation sites is 1. The predicted molar refractivity (Wildman–Crippen MR) is 100.0 cm³/mol. The highest BCUT2D eigenvalue weighted by atomic mass is 16.2. The van der Waals surface area contributed by atoms with Crippen molar-refractivity contribution in [1.82, 2.24) is 14.9 Å². The van der Waals surface area contributed by atoms with Gasteiger partial charge < -0.3 is 15.1 Å². The summed E-state index contributed by atoms with van der Waals surface area (Å²) in [5.74, 6) is 0.590. The van der Waals surface area contributed by atoms with Crippen LogP contribution in [0.3, 0.4) is 0 Å². The number of carbonyl (C=O) groups is 1. The molecule has 0 bridgehead atoms. The fraction of sp³-hybridized carbons (Fsp3) is 0.421. The van der Waals surface area contributed by atoms with Gasteiger partial charge in [-0.1, -0.05) is 31.5 Å². The van der Waals surface area contributed by atoms with Crippen LogP contribution in [0.2, 0.25) is 0 Å². The largest absolute Gasteiger partial charge is 0.368 e. The topological polar surface area (TPSA) is 61.4 Å². The highest BCUT2D eigenvalue weighted by Crippen LogP contribution is 2.16. The van der Waals surface area contributed by atoms with Crippen molar-refractivity contribution >= 4 is 17.5 Å². The number of unbranched alkanes of at least 4 members (excludes halogenated alkanes) is 1. The van der Waals surface area contributed by atoms with Gasteiger partial charge in [-0.2, -0.15) is 0 Å². The van der Waals surface area contributed by atoms with E-state index in [1.807, 2.05) is 23.1 Å². The van der Waals surface area contributed by atoms with Crippen LogP contribution in [0.5, 0.6) is 0 Å². The van der Waals surface area contributed by atoms with E-state index in [0.29, 0.717) is 24.6 Å². The molecule has 132 valence electrons. The second kappa shape index (κ2) is 8.46. The van der Waals surface area contributed by atoms with Crippen molar-refractivity contribution in [3.8, 4) is 0 Å². The molecule has 1 saturated heterocycles. The molecule has 2 aromatic rings. The fourth-order valence-electron chi connectivity index (χ4n) is 2.90. The van der Waals surface area contributed by atoms with E-state index in [1.54, 1.807) is 12.4 Å². The second-order valence-corrected chi connectivity index (χ2v) is 6.19. The van der Waals surface area contributed by atoms with E-state index in [1.165, 1.54) is 5.69 Å². The van der Waals surface area contributed by atoms with E-state index in [9.17, 15) is 4.79 Å². The third-order valence-corrected chi connectivity index (χ3v) is 4.40. The smallest absolute Gasteiger partial charge is 0.257 e. The monoisotopic (exact) mass is 339 g/mol. The first-order valence-corrected chi connectivity index (χ1v) is 8.93. The van der Waals surface area contributed by atoms with Crippen molar-refractivity contribution < 1.29 is 4.79 Å². The zero-order chi connectivity index (χ0) is 17.5. The third-order valence-electron chi connectivity index (χ3n) is 4.40. The minimum absolute atomic E-state index is 0.00724. The minimum Gasteiger partial charge on any atom is -0.368 e. The first-order valence-electron chi connectivity index (χ1n) is 8.93. The van der Waals surface area contributed by atoms with E-state index < -0.39 is 0 Å². The van der Waals surface area contributed by atoms with Crippen LogP contribution in [0.25, 0.3) is 0 Å². The van der Waals surface area contributed by atoms with Crippen LogP contribution in [0.1, 0.15) is 30.1 Å². The van der Waals surface area contributed by atoms with Gasteiger partial charge in [-0.3, -0.25) is 4.79 Å². The molecule has 0 atom stereocenters. The number of hydrogen-bond donors (Lipinski definition) is 1. The summed E-state index contributed by atoms with van der Waals surface area (Å²) in [5.41, 5.74) is 1.76. The summed E-state index contributed by atoms with van der Waals surface area (Å²) in [6.45, 7) is 6.10. The Balaban J connectivity index is 1.53. The molecule has 1 amide bonds. The minimum atomic E-state index is 0.00724. The Morgan fingerprint density at radius 3 is 2.40 bits per heavy atom. The van der Waals surface area contributed by atoms with Crippen LogP contribution >= 0.6 is 0 Å². The molecule has 25 heavy (non-hydrogen) atoms. The van der Waals surface area contributed by atoms with Gasteiger partial charge in [0.15, 0.2) is 0 Å². The zero-order valence-electron chi connectivity index (χ0n) is 14.7. The molecule has 1 aliphatic rings. The SMILES string of the molecule is CCCCNc1ncc(C(=O)N2CCN(c3ccccc3)CC2)cn1. The number of aromatic nitrogens is 2. The molecule has 6 nitrogen and oxygen atoms in total. The van der Waals surface area contributed by atoms with Crippen LogP contribution in [0.15, 0.2) is 42.7 Å². The van der Waals surface area contributed by atoms with E-state index in [-0.39, 0.29) is 5.91 Å². The van der Waals surface area contributed by atoms with E-state index in [0.717, 1.165) is 32.5 Å². The van der Waals surface area contributed by atoms with Gasteiger partial charge in [-0.05, 0) is 18.6 Å². The molecule has 3 rings (SSSR count). The van der Waals surface area contributed by atoms with Gasteiger partial charge in [0.25, 0.3) is 5.91 Å². The maximum atomic E-state index is 12.6. The summed E-state index contributed by atoms with van der Waals surface area (Å²) in [6, 6.07) is 10.3. The summed E-state index contributed by atoms with van der Waals surface area (Å²) in [6.07, 6.45) is 5.44. The Kier molecular flexibility index (Phi) is 5.82. The average molecular weight is 339 g/mol. The molecule has 0 aliphatic carbocycles. The number of anilines is 2. The van der Waals surface area contributed by atoms with Crippen molar-refractivity contribution in [2.45, 2.75) is 19.8 Å². The lowest BCUT2D eigenvalue weighted by atomic mass is 10.2. The lowest BCUT2D eigenvalue weighted by Gasteiger charge is -2.36. The van der Waals surface area contributed by atoms with Gasteiger partial charge >= 0.3 is 0 Å². The Bertz CT molecular complexity index is 666. The molecule has 1 aliphatic heterocycles. The molecule has 1 aromatic carbocycles. The van der Waals surface area contributed by atoms with E-state index >= 15 is 0 Å². The molecule has 1 aromatic heterocycles. The van der Waals surface area contributed by atoms with Crippen LogP contribution in [-0.2, 0) is 0 Å². The number of piperazine rings is 1. The number of amides is 1. The normalized spacial score (nSPS) is 14.4. The standard InChI is InChI=1S/C19H25N5O/c1-2-3-9-20-19-21-14-16(15-22-19)18(25)24-12-10-23(11-13-24)17-7-5-4-6-8-17/h4-8,14-15H,2-3,9-13H2,1H3,(H,20,21,22). The maximum absolute atomic E-state index is 12.6. The maximum Gasteiger partial charge on any atom is 0.257 e. The number of benzene rings is 1. The molecule has 0 saturated carbocycles. The molecule has 0 unspecified atom stereocenters. The van der Waals surface area contributed by atoms with Gasteiger partial charge in [0.05, 0.1) is 5.56 Å². The summed E-state index contributed by atoms with van der Waals surface area (Å²) in [7, 11) is 0. The van der Waals surface area contributed by atoms with Crippen molar-refractivity contribution in [2.24, 2.45) is 0 Å². The molecule has 2 heterocycles. The van der Waals surface area contributed by atoms with Crippen LogP contribution < -0.4 is 10.2 Å². The predicted octanol–water partition coefficient (Wildman–Crippen LogP) is 2.65. The third kappa shape index (κ3) is 4.47. The van der Waals surface area contributed by atoms with Crippen LogP contribution in [-0.4, -0.2) is 53.5 Å². The average Bonchev–Trinajstić information content (AvgIpc) is 2.69. The van der Waals surface area contributed by atoms with Crippen LogP contribution in [0.4, 0.5) is 11.6 Å². The Labute approximate surface area is 148 Å². The summed E-state index contributed by atoms with van der Waals surface area (Å²) in [4.78, 5) is 25.3. The van der Waals surface area contributed by atoms with Gasteiger partial charge in [-0.15, -0.1) is 0 Å². The van der Waals surface area contributed by atoms with Crippen LogP contribution in [0, 0.1) is 0 Å². The second-order valence-electron chi connectivity index (χ2n) is 6.19. The van der Waals surface area contributed by atoms with Crippen molar-refractivity contribution in [1.29, 1.82) is 0 Å². The fourth-order valence-corrected chi connectivity index (χ4v) is 2.90. The molecule has 0 spiro atoms. The summed E-state index contributed by atoms with van der Waals surface area (Å²) < 4.78 is 0. The summed E-state index contributed by atoms with van der Waals surface area (Å²) in [5, 5.41) is 3.16. The summed E-state index contributed by atoms with van der Waals surface area (Å²) >= 11 is 0. The molecule has 6 heteroatoms. The van der Waals surface area contributed by atoms with Gasteiger partial charge in [0.2, 0.25) is 5.95 Å². The number of rotatable bonds is 6. The first kappa shape index (κ1) is 17.2. The number of hydrogen-bond acceptors (Lipinski definition) is 5. The van der Waals surface area contributed by atoms with Crippen molar-refractivity contribution in [2.75, 3.05) is 42.9 Å². The Morgan fingerprint density at radius 1 is 1.08 bits per heavy atom. The van der Waals surface area contributed by atoms with E-state index in [4.69, 9.17) is 0 Å². The quantitative estimate of drug-likeness (QED) is 0.820. The first-order chi connectivity index (χ1) is 12.3. The number of nitrogens with zero attached hydrogens (tertiary/aromatic N) is 4. The van der Waals surface area contributed by atoms with Gasteiger partial charge in [0.1, 0.15) is 0 Å². The van der Waals surface area contributed by atoms with Gasteiger partial charge in [-0.25, -0.2) is 9.97 Å². The van der Waals surface area contributed by atoms with Crippen molar-refractivity contribution in [3.05, 3.63) is 48.3 Å². The van der Waals surface area contributed by atoms with Crippen molar-refractivity contribution in [3.63, 3.8) is 0 Å². The lowest BCUT2D eigenvalue weighted by Crippen LogP contribution is -2.48. The highest BCUT2D eigenvalue weighted by molar-refractivity contribution is 5.93. The molecule has 0 radical (unpaired) electrons. The Morgan fingerprint density at radius 2 is 1.76 bits per heavy atom. The lowest BCUT2D eigenvalue weighted by molar-refractivity contribution is 0.0746. The number of carbonyl (C=O) groups excluding carboxylic acids is 1. The molecule has 1 N–H and O–H groups in total. The molecule has 1 fully saturated rings. The van der Waals surface area contributed by atoms with E-state index in [2.05, 4.69) is 39.2 Å². The molecular weight excluding hydrogens is 314 g/mol. The number of nitrogens with one attached hydrogen (secondary N) is 1. The zero-order valence-corrected chi connectivity index (χ0v) is 14.7. The molecular formula is C19H25N5O. The highest BCUT2D eigenvalue weighted by Gasteiger charge is 2.22.